The van der Waals surface area contributed by atoms with Gasteiger partial charge in [-0.3, -0.25) is 0 Å². The first-order valence-corrected chi connectivity index (χ1v) is 10.1. The van der Waals surface area contributed by atoms with E-state index in [0.717, 1.165) is 11.1 Å². The number of nitrogens with zero attached hydrogens (tertiary/aromatic N) is 1. The minimum absolute atomic E-state index is 0.102. The third-order valence-corrected chi connectivity index (χ3v) is 5.82. The molecule has 27 heavy (non-hydrogen) atoms. The van der Waals surface area contributed by atoms with Crippen LogP contribution in [0.5, 0.6) is 0 Å². The molecule has 0 fully saturated rings. The summed E-state index contributed by atoms with van der Waals surface area (Å²) < 4.78 is 27.5. The summed E-state index contributed by atoms with van der Waals surface area (Å²) in [6.07, 6.45) is 2.07. The summed E-state index contributed by atoms with van der Waals surface area (Å²) in [5, 5.41) is 0. The first-order valence-electron chi connectivity index (χ1n) is 8.58. The zero-order valence-corrected chi connectivity index (χ0v) is 15.6. The van der Waals surface area contributed by atoms with Gasteiger partial charge in [-0.05, 0) is 35.7 Å². The summed E-state index contributed by atoms with van der Waals surface area (Å²) in [5.41, 5.74) is 14.4. The number of hydrogen-bond acceptors (Lipinski definition) is 5. The number of rotatable bonds is 7. The van der Waals surface area contributed by atoms with Crippen LogP contribution in [0.25, 0.3) is 0 Å². The lowest BCUT2D eigenvalue weighted by Crippen LogP contribution is -2.26. The van der Waals surface area contributed by atoms with E-state index in [1.807, 2.05) is 30.3 Å². The lowest BCUT2D eigenvalue weighted by atomic mass is 9.88. The summed E-state index contributed by atoms with van der Waals surface area (Å²) >= 11 is 0. The SMILES string of the molecule is Nc1cc(C(CCNS(=O)(=O)c2ccccc2)c2ccccc2)c(N)cn1. The molecule has 2 aromatic carbocycles. The van der Waals surface area contributed by atoms with Gasteiger partial charge < -0.3 is 11.5 Å². The molecule has 0 aliphatic rings. The fourth-order valence-corrected chi connectivity index (χ4v) is 4.08. The summed E-state index contributed by atoms with van der Waals surface area (Å²) in [7, 11) is -3.56. The zero-order chi connectivity index (χ0) is 19.3. The minimum atomic E-state index is -3.56. The number of pyridine rings is 1. The molecule has 0 aliphatic heterocycles. The average Bonchev–Trinajstić information content (AvgIpc) is 2.69. The molecule has 140 valence electrons. The van der Waals surface area contributed by atoms with Crippen molar-refractivity contribution >= 4 is 21.5 Å². The summed E-state index contributed by atoms with van der Waals surface area (Å²) in [6, 6.07) is 19.9. The number of anilines is 2. The highest BCUT2D eigenvalue weighted by Gasteiger charge is 2.19. The van der Waals surface area contributed by atoms with Gasteiger partial charge in [-0.1, -0.05) is 48.5 Å². The van der Waals surface area contributed by atoms with Crippen molar-refractivity contribution in [3.63, 3.8) is 0 Å². The van der Waals surface area contributed by atoms with E-state index in [4.69, 9.17) is 11.5 Å². The summed E-state index contributed by atoms with van der Waals surface area (Å²) in [5.74, 6) is 0.278. The molecule has 0 amide bonds. The average molecular weight is 382 g/mol. The van der Waals surface area contributed by atoms with Crippen LogP contribution in [0, 0.1) is 0 Å². The van der Waals surface area contributed by atoms with Gasteiger partial charge in [0.05, 0.1) is 16.8 Å². The van der Waals surface area contributed by atoms with Gasteiger partial charge in [0.1, 0.15) is 5.82 Å². The molecule has 1 heterocycles. The van der Waals surface area contributed by atoms with Crippen molar-refractivity contribution in [2.75, 3.05) is 18.0 Å². The molecule has 7 heteroatoms. The predicted octanol–water partition coefficient (Wildman–Crippen LogP) is 2.75. The Hall–Kier alpha value is -2.90. The molecular weight excluding hydrogens is 360 g/mol. The van der Waals surface area contributed by atoms with Crippen molar-refractivity contribution in [2.45, 2.75) is 17.2 Å². The maximum Gasteiger partial charge on any atom is 0.240 e. The van der Waals surface area contributed by atoms with Crippen molar-refractivity contribution in [3.05, 3.63) is 84.1 Å². The number of aromatic nitrogens is 1. The molecule has 0 bridgehead atoms. The summed E-state index contributed by atoms with van der Waals surface area (Å²) in [6.45, 7) is 0.262. The van der Waals surface area contributed by atoms with Gasteiger partial charge >= 0.3 is 0 Å². The molecular formula is C20H22N4O2S. The number of sulfonamides is 1. The Labute approximate surface area is 159 Å². The van der Waals surface area contributed by atoms with E-state index in [1.54, 1.807) is 36.4 Å². The maximum atomic E-state index is 12.4. The molecule has 1 unspecified atom stereocenters. The van der Waals surface area contributed by atoms with Crippen molar-refractivity contribution in [2.24, 2.45) is 0 Å². The second kappa shape index (κ2) is 8.20. The third-order valence-electron chi connectivity index (χ3n) is 4.35. The van der Waals surface area contributed by atoms with E-state index in [9.17, 15) is 8.42 Å². The van der Waals surface area contributed by atoms with Gasteiger partial charge in [0.15, 0.2) is 0 Å². The molecule has 1 atom stereocenters. The normalized spacial score (nSPS) is 12.6. The van der Waals surface area contributed by atoms with E-state index in [0.29, 0.717) is 17.9 Å². The van der Waals surface area contributed by atoms with Crippen LogP contribution in [-0.2, 0) is 10.0 Å². The number of hydrogen-bond donors (Lipinski definition) is 3. The van der Waals surface area contributed by atoms with Crippen LogP contribution < -0.4 is 16.2 Å². The quantitative estimate of drug-likeness (QED) is 0.582. The highest BCUT2D eigenvalue weighted by Crippen LogP contribution is 2.32. The number of benzene rings is 2. The van der Waals surface area contributed by atoms with Crippen LogP contribution in [0.15, 0.2) is 77.8 Å². The fraction of sp³-hybridized carbons (Fsp3) is 0.150. The van der Waals surface area contributed by atoms with Crippen LogP contribution in [0.4, 0.5) is 11.5 Å². The topological polar surface area (TPSA) is 111 Å². The molecule has 0 saturated carbocycles. The minimum Gasteiger partial charge on any atom is -0.397 e. The van der Waals surface area contributed by atoms with Gasteiger partial charge in [0.25, 0.3) is 0 Å². The van der Waals surface area contributed by atoms with Gasteiger partial charge in [-0.2, -0.15) is 0 Å². The maximum absolute atomic E-state index is 12.4. The lowest BCUT2D eigenvalue weighted by molar-refractivity contribution is 0.575. The molecule has 0 spiro atoms. The van der Waals surface area contributed by atoms with Gasteiger partial charge in [-0.25, -0.2) is 18.1 Å². The number of nitrogens with one attached hydrogen (secondary N) is 1. The Kier molecular flexibility index (Phi) is 5.73. The molecule has 0 radical (unpaired) electrons. The molecule has 0 aliphatic carbocycles. The van der Waals surface area contributed by atoms with Gasteiger partial charge in [0.2, 0.25) is 10.0 Å². The fourth-order valence-electron chi connectivity index (χ4n) is 3.01. The molecule has 1 aromatic heterocycles. The van der Waals surface area contributed by atoms with E-state index in [2.05, 4.69) is 9.71 Å². The largest absolute Gasteiger partial charge is 0.397 e. The molecule has 6 nitrogen and oxygen atoms in total. The van der Waals surface area contributed by atoms with Crippen molar-refractivity contribution < 1.29 is 8.42 Å². The second-order valence-corrected chi connectivity index (χ2v) is 7.97. The van der Waals surface area contributed by atoms with Crippen molar-refractivity contribution in [3.8, 4) is 0 Å². The van der Waals surface area contributed by atoms with Crippen LogP contribution in [0.1, 0.15) is 23.5 Å². The summed E-state index contributed by atoms with van der Waals surface area (Å²) in [4.78, 5) is 4.26. The van der Waals surface area contributed by atoms with E-state index in [1.165, 1.54) is 6.20 Å². The van der Waals surface area contributed by atoms with Crippen LogP contribution in [0.2, 0.25) is 0 Å². The first-order chi connectivity index (χ1) is 13.0. The lowest BCUT2D eigenvalue weighted by Gasteiger charge is -2.20. The Bertz CT molecular complexity index is 993. The predicted molar refractivity (Wildman–Crippen MR) is 108 cm³/mol. The highest BCUT2D eigenvalue weighted by molar-refractivity contribution is 7.89. The molecule has 3 aromatic rings. The van der Waals surface area contributed by atoms with Crippen LogP contribution in [0.3, 0.4) is 0 Å². The molecule has 0 saturated heterocycles. The van der Waals surface area contributed by atoms with E-state index in [-0.39, 0.29) is 17.4 Å². The number of nitrogens with two attached hydrogens (primary N) is 2. The Morgan fingerprint density at radius 2 is 1.59 bits per heavy atom. The monoisotopic (exact) mass is 382 g/mol. The Morgan fingerprint density at radius 1 is 0.963 bits per heavy atom. The van der Waals surface area contributed by atoms with E-state index >= 15 is 0 Å². The molecule has 3 rings (SSSR count). The van der Waals surface area contributed by atoms with Gasteiger partial charge in [-0.15, -0.1) is 0 Å². The third kappa shape index (κ3) is 4.64. The molecule has 5 N–H and O–H groups in total. The van der Waals surface area contributed by atoms with E-state index < -0.39 is 10.0 Å². The zero-order valence-electron chi connectivity index (χ0n) is 14.7. The van der Waals surface area contributed by atoms with Crippen molar-refractivity contribution in [1.29, 1.82) is 0 Å². The Morgan fingerprint density at radius 3 is 2.26 bits per heavy atom. The second-order valence-electron chi connectivity index (χ2n) is 6.20. The van der Waals surface area contributed by atoms with Crippen molar-refractivity contribution in [1.82, 2.24) is 9.71 Å². The van der Waals surface area contributed by atoms with Gasteiger partial charge in [0, 0.05) is 12.5 Å². The highest BCUT2D eigenvalue weighted by atomic mass is 32.2. The van der Waals surface area contributed by atoms with Crippen LogP contribution >= 0.6 is 0 Å². The Balaban J connectivity index is 1.82. The first kappa shape index (κ1) is 18.9. The number of nitrogen functional groups attached to an aromatic ring is 2. The standard InChI is InChI=1S/C20H22N4O2S/c21-19-14-23-20(22)13-18(19)17(15-7-3-1-4-8-15)11-12-24-27(25,26)16-9-5-2-6-10-16/h1-10,13-14,17,24H,11-12,21H2,(H2,22,23). The van der Waals surface area contributed by atoms with Crippen LogP contribution in [-0.4, -0.2) is 19.9 Å². The smallest absolute Gasteiger partial charge is 0.240 e.